The first-order valence-electron chi connectivity index (χ1n) is 7.47. The molecule has 1 saturated heterocycles. The number of aryl methyl sites for hydroxylation is 2. The predicted molar refractivity (Wildman–Crippen MR) is 80.4 cm³/mol. The fraction of sp³-hybridized carbons (Fsp3) is 0.533. The van der Waals surface area contributed by atoms with E-state index in [0.29, 0.717) is 5.56 Å². The minimum Gasteiger partial charge on any atom is -0.360 e. The number of rotatable bonds is 3. The maximum Gasteiger partial charge on any atom is 0.257 e. The number of carbonyl (C=O) groups is 1. The van der Waals surface area contributed by atoms with Crippen molar-refractivity contribution in [2.75, 3.05) is 26.2 Å². The summed E-state index contributed by atoms with van der Waals surface area (Å²) in [6.07, 6.45) is 1.65. The van der Waals surface area contributed by atoms with Crippen molar-refractivity contribution in [2.24, 2.45) is 7.05 Å². The Morgan fingerprint density at radius 3 is 2.55 bits per heavy atom. The monoisotopic (exact) mass is 303 g/mol. The number of amides is 1. The molecule has 0 N–H and O–H groups in total. The maximum absolute atomic E-state index is 12.5. The largest absolute Gasteiger partial charge is 0.360 e. The van der Waals surface area contributed by atoms with Gasteiger partial charge in [0.15, 0.2) is 5.76 Å². The zero-order valence-electron chi connectivity index (χ0n) is 13.2. The molecule has 118 valence electrons. The van der Waals surface area contributed by atoms with Crippen molar-refractivity contribution in [1.29, 1.82) is 0 Å². The highest BCUT2D eigenvalue weighted by molar-refractivity contribution is 5.95. The summed E-state index contributed by atoms with van der Waals surface area (Å²) >= 11 is 0. The molecule has 1 fully saturated rings. The fourth-order valence-electron chi connectivity index (χ4n) is 2.70. The van der Waals surface area contributed by atoms with Gasteiger partial charge in [-0.25, -0.2) is 0 Å². The van der Waals surface area contributed by atoms with Crippen LogP contribution in [-0.4, -0.2) is 56.8 Å². The van der Waals surface area contributed by atoms with E-state index in [2.05, 4.69) is 15.2 Å². The normalized spacial score (nSPS) is 16.2. The molecule has 0 saturated carbocycles. The molecular formula is C15H21N5O2. The van der Waals surface area contributed by atoms with E-state index in [9.17, 15) is 4.79 Å². The van der Waals surface area contributed by atoms with Gasteiger partial charge in [0, 0.05) is 45.0 Å². The first-order valence-corrected chi connectivity index (χ1v) is 7.47. The first kappa shape index (κ1) is 14.8. The van der Waals surface area contributed by atoms with Crippen LogP contribution in [-0.2, 0) is 13.6 Å². The second-order valence-corrected chi connectivity index (χ2v) is 5.77. The quantitative estimate of drug-likeness (QED) is 0.845. The van der Waals surface area contributed by atoms with Crippen LogP contribution in [0.25, 0.3) is 0 Å². The molecule has 1 amide bonds. The van der Waals surface area contributed by atoms with Gasteiger partial charge in [-0.15, -0.1) is 0 Å². The van der Waals surface area contributed by atoms with Gasteiger partial charge in [0.05, 0.1) is 24.0 Å². The third kappa shape index (κ3) is 2.89. The van der Waals surface area contributed by atoms with Crippen LogP contribution in [0.3, 0.4) is 0 Å². The van der Waals surface area contributed by atoms with E-state index in [4.69, 9.17) is 4.52 Å². The molecule has 1 aliphatic heterocycles. The molecule has 3 rings (SSSR count). The lowest BCUT2D eigenvalue weighted by Crippen LogP contribution is -2.48. The third-order valence-corrected chi connectivity index (χ3v) is 4.18. The van der Waals surface area contributed by atoms with Gasteiger partial charge >= 0.3 is 0 Å². The molecular weight excluding hydrogens is 282 g/mol. The first-order chi connectivity index (χ1) is 10.5. The molecule has 1 aliphatic rings. The van der Waals surface area contributed by atoms with Gasteiger partial charge in [-0.1, -0.05) is 5.16 Å². The smallest absolute Gasteiger partial charge is 0.257 e. The van der Waals surface area contributed by atoms with Gasteiger partial charge in [0.2, 0.25) is 0 Å². The molecule has 0 radical (unpaired) electrons. The van der Waals surface area contributed by atoms with Gasteiger partial charge in [-0.2, -0.15) is 5.10 Å². The summed E-state index contributed by atoms with van der Waals surface area (Å²) in [6.45, 7) is 7.70. The summed E-state index contributed by atoms with van der Waals surface area (Å²) < 4.78 is 6.98. The molecule has 7 heteroatoms. The highest BCUT2D eigenvalue weighted by atomic mass is 16.5. The Morgan fingerprint density at radius 1 is 1.27 bits per heavy atom. The van der Waals surface area contributed by atoms with Crippen LogP contribution in [0, 0.1) is 13.8 Å². The molecule has 0 spiro atoms. The van der Waals surface area contributed by atoms with Crippen LogP contribution in [0.1, 0.15) is 27.5 Å². The lowest BCUT2D eigenvalue weighted by atomic mass is 10.2. The lowest BCUT2D eigenvalue weighted by Gasteiger charge is -2.34. The van der Waals surface area contributed by atoms with Crippen molar-refractivity contribution in [3.8, 4) is 0 Å². The average Bonchev–Trinajstić information content (AvgIpc) is 3.06. The van der Waals surface area contributed by atoms with Crippen LogP contribution >= 0.6 is 0 Å². The van der Waals surface area contributed by atoms with Crippen LogP contribution in [0.4, 0.5) is 0 Å². The standard InChI is InChI=1S/C15H21N5O2/c1-11-8-13(22-17-11)10-19-4-6-20(7-5-19)15(21)14-9-16-18(3)12(14)2/h8-9H,4-7,10H2,1-3H3. The molecule has 0 bridgehead atoms. The van der Waals surface area contributed by atoms with Crippen molar-refractivity contribution in [2.45, 2.75) is 20.4 Å². The topological polar surface area (TPSA) is 67.4 Å². The van der Waals surface area contributed by atoms with Crippen molar-refractivity contribution in [3.05, 3.63) is 35.0 Å². The number of hydrogen-bond donors (Lipinski definition) is 0. The SMILES string of the molecule is Cc1cc(CN2CCN(C(=O)c3cnn(C)c3C)CC2)on1. The van der Waals surface area contributed by atoms with Gasteiger partial charge in [-0.3, -0.25) is 14.4 Å². The molecule has 0 unspecified atom stereocenters. The van der Waals surface area contributed by atoms with Gasteiger partial charge < -0.3 is 9.42 Å². The molecule has 22 heavy (non-hydrogen) atoms. The van der Waals surface area contributed by atoms with E-state index in [1.807, 2.05) is 31.9 Å². The average molecular weight is 303 g/mol. The van der Waals surface area contributed by atoms with Crippen molar-refractivity contribution in [1.82, 2.24) is 24.7 Å². The van der Waals surface area contributed by atoms with E-state index in [1.165, 1.54) is 0 Å². The van der Waals surface area contributed by atoms with E-state index in [-0.39, 0.29) is 5.91 Å². The van der Waals surface area contributed by atoms with Crippen LogP contribution in [0.5, 0.6) is 0 Å². The van der Waals surface area contributed by atoms with Gasteiger partial charge in [0.25, 0.3) is 5.91 Å². The summed E-state index contributed by atoms with van der Waals surface area (Å²) in [5, 5.41) is 8.05. The number of piperazine rings is 1. The summed E-state index contributed by atoms with van der Waals surface area (Å²) in [7, 11) is 1.85. The maximum atomic E-state index is 12.5. The van der Waals surface area contributed by atoms with Crippen LogP contribution in [0.15, 0.2) is 16.8 Å². The molecule has 3 heterocycles. The summed E-state index contributed by atoms with van der Waals surface area (Å²) in [5.74, 6) is 0.946. The Balaban J connectivity index is 1.57. The minimum absolute atomic E-state index is 0.0701. The fourth-order valence-corrected chi connectivity index (χ4v) is 2.70. The number of carbonyl (C=O) groups excluding carboxylic acids is 1. The Bertz CT molecular complexity index is 667. The molecule has 2 aromatic rings. The molecule has 0 aliphatic carbocycles. The van der Waals surface area contributed by atoms with Crippen molar-refractivity contribution >= 4 is 5.91 Å². The minimum atomic E-state index is 0.0701. The van der Waals surface area contributed by atoms with Gasteiger partial charge in [-0.05, 0) is 13.8 Å². The van der Waals surface area contributed by atoms with E-state index in [1.54, 1.807) is 10.9 Å². The lowest BCUT2D eigenvalue weighted by molar-refractivity contribution is 0.0616. The second kappa shape index (κ2) is 5.92. The predicted octanol–water partition coefficient (Wildman–Crippen LogP) is 0.983. The summed E-state index contributed by atoms with van der Waals surface area (Å²) in [6, 6.07) is 1.95. The zero-order valence-corrected chi connectivity index (χ0v) is 13.2. The Kier molecular flexibility index (Phi) is 3.98. The van der Waals surface area contributed by atoms with Gasteiger partial charge in [0.1, 0.15) is 0 Å². The number of nitrogens with zero attached hydrogens (tertiary/aromatic N) is 5. The van der Waals surface area contributed by atoms with E-state index in [0.717, 1.165) is 49.9 Å². The Hall–Kier alpha value is -2.15. The Morgan fingerprint density at radius 2 is 2.00 bits per heavy atom. The van der Waals surface area contributed by atoms with Crippen molar-refractivity contribution in [3.63, 3.8) is 0 Å². The molecule has 0 aromatic carbocycles. The van der Waals surface area contributed by atoms with E-state index < -0.39 is 0 Å². The van der Waals surface area contributed by atoms with Crippen LogP contribution in [0.2, 0.25) is 0 Å². The van der Waals surface area contributed by atoms with E-state index >= 15 is 0 Å². The molecule has 2 aromatic heterocycles. The Labute approximate surface area is 129 Å². The third-order valence-electron chi connectivity index (χ3n) is 4.18. The number of aromatic nitrogens is 3. The summed E-state index contributed by atoms with van der Waals surface area (Å²) in [4.78, 5) is 16.7. The summed E-state index contributed by atoms with van der Waals surface area (Å²) in [5.41, 5.74) is 2.50. The highest BCUT2D eigenvalue weighted by Gasteiger charge is 2.25. The van der Waals surface area contributed by atoms with Crippen LogP contribution < -0.4 is 0 Å². The second-order valence-electron chi connectivity index (χ2n) is 5.77. The zero-order chi connectivity index (χ0) is 15.7. The number of hydrogen-bond acceptors (Lipinski definition) is 5. The molecule has 7 nitrogen and oxygen atoms in total. The highest BCUT2D eigenvalue weighted by Crippen LogP contribution is 2.14. The van der Waals surface area contributed by atoms with Crippen molar-refractivity contribution < 1.29 is 9.32 Å². The molecule has 0 atom stereocenters.